The second-order valence-corrected chi connectivity index (χ2v) is 6.94. The zero-order valence-electron chi connectivity index (χ0n) is 10.9. The Balaban J connectivity index is 2.16. The summed E-state index contributed by atoms with van der Waals surface area (Å²) in [6.45, 7) is 3.66. The van der Waals surface area contributed by atoms with Gasteiger partial charge in [-0.05, 0) is 44.0 Å². The monoisotopic (exact) mass is 268 g/mol. The number of sulfonamides is 1. The molecule has 1 fully saturated rings. The Morgan fingerprint density at radius 1 is 1.39 bits per heavy atom. The van der Waals surface area contributed by atoms with Crippen molar-refractivity contribution in [2.75, 3.05) is 30.2 Å². The first-order chi connectivity index (χ1) is 8.50. The molecule has 0 aliphatic carbocycles. The number of rotatable bonds is 4. The van der Waals surface area contributed by atoms with Crippen LogP contribution in [0.2, 0.25) is 0 Å². The van der Waals surface area contributed by atoms with Gasteiger partial charge in [0.15, 0.2) is 0 Å². The number of anilines is 1. The third-order valence-corrected chi connectivity index (χ3v) is 5.40. The van der Waals surface area contributed by atoms with Gasteiger partial charge in [0.25, 0.3) is 0 Å². The number of hydrogen-bond acceptors (Lipinski definition) is 3. The van der Waals surface area contributed by atoms with Gasteiger partial charge in [-0.1, -0.05) is 18.2 Å². The predicted octanol–water partition coefficient (Wildman–Crippen LogP) is 1.37. The van der Waals surface area contributed by atoms with Gasteiger partial charge in [-0.3, -0.25) is 4.31 Å². The van der Waals surface area contributed by atoms with E-state index in [2.05, 4.69) is 5.32 Å². The lowest BCUT2D eigenvalue weighted by Gasteiger charge is -2.22. The summed E-state index contributed by atoms with van der Waals surface area (Å²) in [5, 5.41) is 3.20. The SMILES string of the molecule is Cc1ccccc1N(C)S(=O)(=O)CC1CCNC1. The summed E-state index contributed by atoms with van der Waals surface area (Å²) in [7, 11) is -1.59. The standard InChI is InChI=1S/C13H20N2O2S/c1-11-5-3-4-6-13(11)15(2)18(16,17)10-12-7-8-14-9-12/h3-6,12,14H,7-10H2,1-2H3. The van der Waals surface area contributed by atoms with Gasteiger partial charge in [0.1, 0.15) is 0 Å². The average molecular weight is 268 g/mol. The summed E-state index contributed by atoms with van der Waals surface area (Å²) in [6, 6.07) is 7.56. The second kappa shape index (κ2) is 5.28. The minimum Gasteiger partial charge on any atom is -0.316 e. The minimum atomic E-state index is -3.23. The highest BCUT2D eigenvalue weighted by Gasteiger charge is 2.26. The molecule has 1 N–H and O–H groups in total. The Morgan fingerprint density at radius 2 is 2.11 bits per heavy atom. The Hall–Kier alpha value is -1.07. The zero-order valence-corrected chi connectivity index (χ0v) is 11.7. The second-order valence-electron chi connectivity index (χ2n) is 4.89. The summed E-state index contributed by atoms with van der Waals surface area (Å²) in [5.74, 6) is 0.464. The van der Waals surface area contributed by atoms with E-state index in [0.29, 0.717) is 0 Å². The van der Waals surface area contributed by atoms with E-state index in [1.54, 1.807) is 7.05 Å². The molecule has 18 heavy (non-hydrogen) atoms. The van der Waals surface area contributed by atoms with E-state index in [4.69, 9.17) is 0 Å². The van der Waals surface area contributed by atoms with Crippen LogP contribution in [0.15, 0.2) is 24.3 Å². The number of aryl methyl sites for hydroxylation is 1. The lowest BCUT2D eigenvalue weighted by molar-refractivity contribution is 0.569. The first kappa shape index (κ1) is 13.4. The summed E-state index contributed by atoms with van der Waals surface area (Å²) in [5.41, 5.74) is 1.75. The first-order valence-electron chi connectivity index (χ1n) is 6.23. The third-order valence-electron chi connectivity index (χ3n) is 3.48. The van der Waals surface area contributed by atoms with Crippen molar-refractivity contribution < 1.29 is 8.42 Å². The van der Waals surface area contributed by atoms with E-state index in [9.17, 15) is 8.42 Å². The molecule has 100 valence electrons. The fourth-order valence-corrected chi connectivity index (χ4v) is 3.94. The van der Waals surface area contributed by atoms with E-state index < -0.39 is 10.0 Å². The maximum absolute atomic E-state index is 12.3. The molecule has 1 aliphatic rings. The molecule has 1 unspecified atom stereocenters. The number of para-hydroxylation sites is 1. The van der Waals surface area contributed by atoms with E-state index in [1.165, 1.54) is 4.31 Å². The van der Waals surface area contributed by atoms with Crippen LogP contribution in [0.25, 0.3) is 0 Å². The Morgan fingerprint density at radius 3 is 2.72 bits per heavy atom. The molecule has 1 heterocycles. The Bertz CT molecular complexity index is 507. The Kier molecular flexibility index (Phi) is 3.92. The van der Waals surface area contributed by atoms with Crippen molar-refractivity contribution in [3.05, 3.63) is 29.8 Å². The van der Waals surface area contributed by atoms with Crippen LogP contribution in [0.4, 0.5) is 5.69 Å². The van der Waals surface area contributed by atoms with Gasteiger partial charge in [0.2, 0.25) is 10.0 Å². The maximum atomic E-state index is 12.3. The van der Waals surface area contributed by atoms with Crippen LogP contribution in [0.3, 0.4) is 0 Å². The molecule has 1 aliphatic heterocycles. The summed E-state index contributed by atoms with van der Waals surface area (Å²) in [6.07, 6.45) is 0.945. The van der Waals surface area contributed by atoms with E-state index in [1.807, 2.05) is 31.2 Å². The normalized spacial score (nSPS) is 20.0. The lowest BCUT2D eigenvalue weighted by Crippen LogP contribution is -2.33. The van der Waals surface area contributed by atoms with Crippen molar-refractivity contribution in [2.45, 2.75) is 13.3 Å². The van der Waals surface area contributed by atoms with Gasteiger partial charge in [-0.25, -0.2) is 8.42 Å². The number of hydrogen-bond donors (Lipinski definition) is 1. The smallest absolute Gasteiger partial charge is 0.235 e. The van der Waals surface area contributed by atoms with Crippen LogP contribution in [0.1, 0.15) is 12.0 Å². The van der Waals surface area contributed by atoms with E-state index in [-0.39, 0.29) is 11.7 Å². The topological polar surface area (TPSA) is 49.4 Å². The highest BCUT2D eigenvalue weighted by Crippen LogP contribution is 2.22. The molecule has 1 aromatic rings. The Labute approximate surface area is 109 Å². The fraction of sp³-hybridized carbons (Fsp3) is 0.538. The van der Waals surface area contributed by atoms with Crippen LogP contribution in [0.5, 0.6) is 0 Å². The van der Waals surface area contributed by atoms with Crippen molar-refractivity contribution in [2.24, 2.45) is 5.92 Å². The molecule has 1 saturated heterocycles. The molecule has 0 radical (unpaired) electrons. The number of nitrogens with one attached hydrogen (secondary N) is 1. The molecule has 0 spiro atoms. The summed E-state index contributed by atoms with van der Waals surface area (Å²) < 4.78 is 26.1. The van der Waals surface area contributed by atoms with Crippen molar-refractivity contribution in [1.82, 2.24) is 5.32 Å². The molecule has 0 saturated carbocycles. The van der Waals surface area contributed by atoms with Gasteiger partial charge in [0.05, 0.1) is 11.4 Å². The van der Waals surface area contributed by atoms with Gasteiger partial charge in [0, 0.05) is 7.05 Å². The van der Waals surface area contributed by atoms with E-state index >= 15 is 0 Å². The van der Waals surface area contributed by atoms with Crippen molar-refractivity contribution in [1.29, 1.82) is 0 Å². The van der Waals surface area contributed by atoms with E-state index in [0.717, 1.165) is 30.8 Å². The molecule has 1 atom stereocenters. The fourth-order valence-electron chi connectivity index (χ4n) is 2.33. The van der Waals surface area contributed by atoms with Crippen LogP contribution < -0.4 is 9.62 Å². The van der Waals surface area contributed by atoms with Crippen molar-refractivity contribution in [3.8, 4) is 0 Å². The van der Waals surface area contributed by atoms with Crippen molar-refractivity contribution >= 4 is 15.7 Å². The third kappa shape index (κ3) is 2.84. The molecular weight excluding hydrogens is 248 g/mol. The quantitative estimate of drug-likeness (QED) is 0.897. The van der Waals surface area contributed by atoms with Crippen LogP contribution in [-0.4, -0.2) is 34.3 Å². The first-order valence-corrected chi connectivity index (χ1v) is 7.84. The molecule has 5 heteroatoms. The van der Waals surface area contributed by atoms with Gasteiger partial charge in [-0.2, -0.15) is 0 Å². The van der Waals surface area contributed by atoms with Crippen LogP contribution in [-0.2, 0) is 10.0 Å². The zero-order chi connectivity index (χ0) is 13.2. The molecule has 4 nitrogen and oxygen atoms in total. The molecule has 2 rings (SSSR count). The minimum absolute atomic E-state index is 0.227. The molecular formula is C13H20N2O2S. The highest BCUT2D eigenvalue weighted by molar-refractivity contribution is 7.92. The summed E-state index contributed by atoms with van der Waals surface area (Å²) >= 11 is 0. The number of nitrogens with zero attached hydrogens (tertiary/aromatic N) is 1. The van der Waals surface area contributed by atoms with Crippen LogP contribution in [0, 0.1) is 12.8 Å². The molecule has 0 bridgehead atoms. The highest BCUT2D eigenvalue weighted by atomic mass is 32.2. The van der Waals surface area contributed by atoms with Gasteiger partial charge >= 0.3 is 0 Å². The summed E-state index contributed by atoms with van der Waals surface area (Å²) in [4.78, 5) is 0. The largest absolute Gasteiger partial charge is 0.316 e. The van der Waals surface area contributed by atoms with Crippen LogP contribution >= 0.6 is 0 Å². The predicted molar refractivity (Wildman–Crippen MR) is 74.3 cm³/mol. The van der Waals surface area contributed by atoms with Gasteiger partial charge in [-0.15, -0.1) is 0 Å². The maximum Gasteiger partial charge on any atom is 0.235 e. The molecule has 0 amide bonds. The van der Waals surface area contributed by atoms with Crippen molar-refractivity contribution in [3.63, 3.8) is 0 Å². The average Bonchev–Trinajstić information content (AvgIpc) is 2.81. The molecule has 0 aromatic heterocycles. The van der Waals surface area contributed by atoms with Gasteiger partial charge < -0.3 is 5.32 Å². The molecule has 1 aromatic carbocycles. The number of benzene rings is 1. The lowest BCUT2D eigenvalue weighted by atomic mass is 10.2.